The Balaban J connectivity index is 2.37. The Hall–Kier alpha value is -0.0800. The highest BCUT2D eigenvalue weighted by atomic mass is 16.6. The van der Waals surface area contributed by atoms with E-state index in [9.17, 15) is 5.11 Å². The lowest BCUT2D eigenvalue weighted by Gasteiger charge is -2.15. The molecule has 0 saturated carbocycles. The van der Waals surface area contributed by atoms with Gasteiger partial charge in [-0.15, -0.1) is 0 Å². The molecule has 0 bridgehead atoms. The second-order valence-electron chi connectivity index (χ2n) is 4.36. The van der Waals surface area contributed by atoms with Gasteiger partial charge < -0.3 is 9.84 Å². The van der Waals surface area contributed by atoms with Crippen LogP contribution in [0.5, 0.6) is 0 Å². The van der Waals surface area contributed by atoms with E-state index in [1.807, 2.05) is 6.92 Å². The van der Waals surface area contributed by atoms with Crippen LogP contribution in [0.2, 0.25) is 0 Å². The highest BCUT2D eigenvalue weighted by Crippen LogP contribution is 2.40. The third-order valence-corrected chi connectivity index (χ3v) is 2.18. The van der Waals surface area contributed by atoms with Gasteiger partial charge in [0, 0.05) is 0 Å². The first kappa shape index (κ1) is 9.01. The molecule has 1 saturated heterocycles. The fourth-order valence-electron chi connectivity index (χ4n) is 1.35. The largest absolute Gasteiger partial charge is 0.390 e. The molecule has 66 valence electrons. The van der Waals surface area contributed by atoms with E-state index in [1.54, 1.807) is 0 Å². The highest BCUT2D eigenvalue weighted by molar-refractivity contribution is 4.97. The number of aliphatic hydroxyl groups is 1. The van der Waals surface area contributed by atoms with Gasteiger partial charge in [-0.25, -0.2) is 0 Å². The van der Waals surface area contributed by atoms with Crippen molar-refractivity contribution in [3.05, 3.63) is 0 Å². The van der Waals surface area contributed by atoms with Crippen molar-refractivity contribution >= 4 is 0 Å². The Kier molecular flexibility index (Phi) is 2.26. The standard InChI is InChI=1S/C9H18O2/c1-5-6(10)7-8(11-7)9(2,3)4/h6-8,10H,5H2,1-4H3/t6-,7-,8+/m1/s1. The quantitative estimate of drug-likeness (QED) is 0.619. The summed E-state index contributed by atoms with van der Waals surface area (Å²) in [6.45, 7) is 8.40. The molecule has 11 heavy (non-hydrogen) atoms. The Bertz CT molecular complexity index is 137. The number of ether oxygens (including phenoxy) is 1. The minimum Gasteiger partial charge on any atom is -0.390 e. The minimum atomic E-state index is -0.265. The van der Waals surface area contributed by atoms with Crippen LogP contribution >= 0.6 is 0 Å². The molecule has 2 nitrogen and oxygen atoms in total. The Labute approximate surface area is 68.6 Å². The summed E-state index contributed by atoms with van der Waals surface area (Å²) >= 11 is 0. The molecule has 1 N–H and O–H groups in total. The second kappa shape index (κ2) is 2.76. The van der Waals surface area contributed by atoms with Gasteiger partial charge in [-0.05, 0) is 11.8 Å². The number of epoxide rings is 1. The lowest BCUT2D eigenvalue weighted by Crippen LogP contribution is -2.23. The topological polar surface area (TPSA) is 32.8 Å². The summed E-state index contributed by atoms with van der Waals surface area (Å²) in [7, 11) is 0. The third kappa shape index (κ3) is 1.94. The van der Waals surface area contributed by atoms with Crippen LogP contribution in [0.1, 0.15) is 34.1 Å². The molecule has 0 unspecified atom stereocenters. The zero-order valence-corrected chi connectivity index (χ0v) is 7.79. The molecule has 1 aliphatic rings. The van der Waals surface area contributed by atoms with E-state index in [1.165, 1.54) is 0 Å². The molecule has 0 radical (unpaired) electrons. The molecule has 2 heteroatoms. The smallest absolute Gasteiger partial charge is 0.110 e. The number of hydrogen-bond donors (Lipinski definition) is 1. The normalized spacial score (nSPS) is 33.5. The van der Waals surface area contributed by atoms with E-state index >= 15 is 0 Å². The van der Waals surface area contributed by atoms with Crippen molar-refractivity contribution in [2.75, 3.05) is 0 Å². The molecule has 3 atom stereocenters. The van der Waals surface area contributed by atoms with Crippen molar-refractivity contribution < 1.29 is 9.84 Å². The van der Waals surface area contributed by atoms with Crippen molar-refractivity contribution in [3.63, 3.8) is 0 Å². The van der Waals surface area contributed by atoms with Crippen LogP contribution in [0.3, 0.4) is 0 Å². The monoisotopic (exact) mass is 158 g/mol. The predicted molar refractivity (Wildman–Crippen MR) is 44.4 cm³/mol. The van der Waals surface area contributed by atoms with Crippen molar-refractivity contribution in [1.29, 1.82) is 0 Å². The molecule has 1 heterocycles. The van der Waals surface area contributed by atoms with Crippen LogP contribution in [0.25, 0.3) is 0 Å². The Morgan fingerprint density at radius 1 is 1.45 bits per heavy atom. The van der Waals surface area contributed by atoms with Gasteiger partial charge >= 0.3 is 0 Å². The van der Waals surface area contributed by atoms with E-state index in [4.69, 9.17) is 4.74 Å². The minimum absolute atomic E-state index is 0.0972. The summed E-state index contributed by atoms with van der Waals surface area (Å²) in [5.41, 5.74) is 0.181. The first-order valence-corrected chi connectivity index (χ1v) is 4.30. The summed E-state index contributed by atoms with van der Waals surface area (Å²) < 4.78 is 5.38. The third-order valence-electron chi connectivity index (χ3n) is 2.18. The molecule has 0 aromatic carbocycles. The number of hydrogen-bond acceptors (Lipinski definition) is 2. The van der Waals surface area contributed by atoms with E-state index in [0.717, 1.165) is 6.42 Å². The van der Waals surface area contributed by atoms with E-state index in [-0.39, 0.29) is 23.7 Å². The van der Waals surface area contributed by atoms with E-state index in [0.29, 0.717) is 0 Å². The van der Waals surface area contributed by atoms with Gasteiger partial charge in [-0.2, -0.15) is 0 Å². The molecule has 0 amide bonds. The highest BCUT2D eigenvalue weighted by Gasteiger charge is 2.50. The molecule has 0 aromatic rings. The zero-order chi connectivity index (χ0) is 8.65. The number of aliphatic hydroxyl groups excluding tert-OH is 1. The van der Waals surface area contributed by atoms with Gasteiger partial charge in [-0.1, -0.05) is 27.7 Å². The van der Waals surface area contributed by atoms with Gasteiger partial charge in [0.15, 0.2) is 0 Å². The fraction of sp³-hybridized carbons (Fsp3) is 1.00. The first-order valence-electron chi connectivity index (χ1n) is 4.30. The molecular weight excluding hydrogens is 140 g/mol. The molecule has 0 spiro atoms. The van der Waals surface area contributed by atoms with Gasteiger partial charge in [0.25, 0.3) is 0 Å². The van der Waals surface area contributed by atoms with Crippen molar-refractivity contribution in [1.82, 2.24) is 0 Å². The van der Waals surface area contributed by atoms with Crippen molar-refractivity contribution in [2.24, 2.45) is 5.41 Å². The lowest BCUT2D eigenvalue weighted by molar-refractivity contribution is 0.131. The zero-order valence-electron chi connectivity index (χ0n) is 7.79. The van der Waals surface area contributed by atoms with Crippen molar-refractivity contribution in [3.8, 4) is 0 Å². The maximum Gasteiger partial charge on any atom is 0.110 e. The molecule has 0 aliphatic carbocycles. The van der Waals surface area contributed by atoms with Crippen LogP contribution in [0.4, 0.5) is 0 Å². The molecule has 1 rings (SSSR count). The predicted octanol–water partition coefficient (Wildman–Crippen LogP) is 1.57. The molecular formula is C9H18O2. The number of rotatable bonds is 2. The summed E-state index contributed by atoms with van der Waals surface area (Å²) in [6.07, 6.45) is 0.883. The maximum absolute atomic E-state index is 9.41. The SMILES string of the molecule is CC[C@@H](O)[C@H]1O[C@@H]1C(C)(C)C. The first-order chi connectivity index (χ1) is 4.96. The summed E-state index contributed by atoms with van der Waals surface area (Å²) in [5, 5.41) is 9.41. The van der Waals surface area contributed by atoms with Gasteiger partial charge in [-0.3, -0.25) is 0 Å². The summed E-state index contributed by atoms with van der Waals surface area (Å²) in [4.78, 5) is 0. The van der Waals surface area contributed by atoms with Crippen LogP contribution < -0.4 is 0 Å². The van der Waals surface area contributed by atoms with Crippen LogP contribution in [-0.4, -0.2) is 23.4 Å². The molecule has 0 aromatic heterocycles. The molecule has 1 aliphatic heterocycles. The van der Waals surface area contributed by atoms with Crippen LogP contribution in [-0.2, 0) is 4.74 Å². The van der Waals surface area contributed by atoms with Crippen LogP contribution in [0, 0.1) is 5.41 Å². The lowest BCUT2D eigenvalue weighted by atomic mass is 9.89. The molecule has 1 fully saturated rings. The van der Waals surface area contributed by atoms with Crippen molar-refractivity contribution in [2.45, 2.75) is 52.4 Å². The summed E-state index contributed by atoms with van der Waals surface area (Å²) in [6, 6.07) is 0. The Morgan fingerprint density at radius 2 is 2.00 bits per heavy atom. The maximum atomic E-state index is 9.41. The van der Waals surface area contributed by atoms with Crippen LogP contribution in [0.15, 0.2) is 0 Å². The fourth-order valence-corrected chi connectivity index (χ4v) is 1.35. The Morgan fingerprint density at radius 3 is 2.27 bits per heavy atom. The van der Waals surface area contributed by atoms with Gasteiger partial charge in [0.1, 0.15) is 6.10 Å². The average Bonchev–Trinajstić information content (AvgIpc) is 2.62. The second-order valence-corrected chi connectivity index (χ2v) is 4.36. The van der Waals surface area contributed by atoms with E-state index in [2.05, 4.69) is 20.8 Å². The van der Waals surface area contributed by atoms with E-state index < -0.39 is 0 Å². The summed E-state index contributed by atoms with van der Waals surface area (Å²) in [5.74, 6) is 0. The van der Waals surface area contributed by atoms with Gasteiger partial charge in [0.05, 0.1) is 12.2 Å². The average molecular weight is 158 g/mol. The van der Waals surface area contributed by atoms with Gasteiger partial charge in [0.2, 0.25) is 0 Å².